The summed E-state index contributed by atoms with van der Waals surface area (Å²) in [6.07, 6.45) is 0. The molecule has 0 saturated heterocycles. The lowest BCUT2D eigenvalue weighted by atomic mass is 9.95. The molecule has 1 aromatic rings. The van der Waals surface area contributed by atoms with Gasteiger partial charge in [-0.25, -0.2) is 0 Å². The minimum atomic E-state index is 1.37. The number of rotatable bonds is 0. The van der Waals surface area contributed by atoms with E-state index in [0.717, 1.165) is 0 Å². The summed E-state index contributed by atoms with van der Waals surface area (Å²) in [5.74, 6) is 0. The largest absolute Gasteiger partial charge is 0.105 e. The van der Waals surface area contributed by atoms with Crippen LogP contribution in [-0.4, -0.2) is 0 Å². The molecule has 0 heterocycles. The molecule has 1 aromatic carbocycles. The van der Waals surface area contributed by atoms with Crippen LogP contribution in [0.1, 0.15) is 27.8 Å². The quantitative estimate of drug-likeness (QED) is 0.538. The molecule has 0 fully saturated rings. The number of benzene rings is 1. The number of hydrogen-bond donors (Lipinski definition) is 0. The van der Waals surface area contributed by atoms with Crippen molar-refractivity contribution in [3.8, 4) is 0 Å². The van der Waals surface area contributed by atoms with Crippen LogP contribution in [0.15, 0.2) is 0 Å². The second-order valence-corrected chi connectivity index (χ2v) is 4.12. The van der Waals surface area contributed by atoms with Gasteiger partial charge in [-0.3, -0.25) is 0 Å². The van der Waals surface area contributed by atoms with E-state index in [4.69, 9.17) is 0 Å². The third kappa shape index (κ3) is 1.29. The Morgan fingerprint density at radius 1 is 0.583 bits per heavy atom. The molecule has 0 aliphatic heterocycles. The second-order valence-electron chi connectivity index (χ2n) is 3.54. The summed E-state index contributed by atoms with van der Waals surface area (Å²) in [7, 11) is 2.84. The zero-order valence-electron chi connectivity index (χ0n) is 8.58. The van der Waals surface area contributed by atoms with E-state index in [1.54, 1.807) is 0 Å². The van der Waals surface area contributed by atoms with Crippen LogP contribution >= 0.6 is 9.24 Å². The van der Waals surface area contributed by atoms with Gasteiger partial charge in [0.2, 0.25) is 0 Å². The molecular weight excluding hydrogens is 163 g/mol. The van der Waals surface area contributed by atoms with Gasteiger partial charge in [-0.15, -0.1) is 9.24 Å². The summed E-state index contributed by atoms with van der Waals surface area (Å²) in [5, 5.41) is 1.37. The molecule has 0 aliphatic carbocycles. The molecule has 0 aromatic heterocycles. The summed E-state index contributed by atoms with van der Waals surface area (Å²) in [4.78, 5) is 0. The van der Waals surface area contributed by atoms with E-state index in [9.17, 15) is 0 Å². The van der Waals surface area contributed by atoms with Crippen molar-refractivity contribution >= 4 is 14.5 Å². The van der Waals surface area contributed by atoms with Gasteiger partial charge >= 0.3 is 0 Å². The second kappa shape index (κ2) is 3.18. The molecule has 0 amide bonds. The minimum Gasteiger partial charge on any atom is -0.105 e. The third-order valence-electron chi connectivity index (χ3n) is 3.06. The highest BCUT2D eigenvalue weighted by Crippen LogP contribution is 2.20. The highest BCUT2D eigenvalue weighted by atomic mass is 31.0. The van der Waals surface area contributed by atoms with Crippen molar-refractivity contribution < 1.29 is 0 Å². The van der Waals surface area contributed by atoms with E-state index in [1.807, 2.05) is 0 Å². The standard InChI is InChI=1S/C11H17P/c1-6-7(2)9(4)11(12)10(5)8(6)3/h12H2,1-5H3. The van der Waals surface area contributed by atoms with Crippen molar-refractivity contribution in [2.24, 2.45) is 0 Å². The van der Waals surface area contributed by atoms with Crippen molar-refractivity contribution in [3.63, 3.8) is 0 Å². The van der Waals surface area contributed by atoms with E-state index in [2.05, 4.69) is 43.9 Å². The first-order chi connectivity index (χ1) is 5.46. The van der Waals surface area contributed by atoms with Crippen molar-refractivity contribution in [2.75, 3.05) is 0 Å². The van der Waals surface area contributed by atoms with Gasteiger partial charge in [0.1, 0.15) is 0 Å². The van der Waals surface area contributed by atoms with Gasteiger partial charge in [-0.2, -0.15) is 0 Å². The van der Waals surface area contributed by atoms with Crippen LogP contribution in [0.25, 0.3) is 0 Å². The topological polar surface area (TPSA) is 0 Å². The lowest BCUT2D eigenvalue weighted by Gasteiger charge is -2.15. The monoisotopic (exact) mass is 180 g/mol. The van der Waals surface area contributed by atoms with Gasteiger partial charge in [0, 0.05) is 0 Å². The van der Waals surface area contributed by atoms with Gasteiger partial charge in [0.05, 0.1) is 0 Å². The lowest BCUT2D eigenvalue weighted by molar-refractivity contribution is 1.20. The molecule has 0 bridgehead atoms. The Balaban J connectivity index is 3.60. The van der Waals surface area contributed by atoms with Crippen LogP contribution in [0.4, 0.5) is 0 Å². The average molecular weight is 180 g/mol. The molecule has 1 heteroatoms. The van der Waals surface area contributed by atoms with Crippen LogP contribution in [0.5, 0.6) is 0 Å². The molecular formula is C11H17P. The first-order valence-electron chi connectivity index (χ1n) is 4.29. The molecule has 0 spiro atoms. The fourth-order valence-electron chi connectivity index (χ4n) is 1.53. The van der Waals surface area contributed by atoms with Gasteiger partial charge in [0.25, 0.3) is 0 Å². The highest BCUT2D eigenvalue weighted by Gasteiger charge is 2.07. The molecule has 0 radical (unpaired) electrons. The maximum atomic E-state index is 2.84. The Morgan fingerprint density at radius 2 is 0.833 bits per heavy atom. The third-order valence-corrected chi connectivity index (χ3v) is 3.92. The van der Waals surface area contributed by atoms with Crippen molar-refractivity contribution in [3.05, 3.63) is 27.8 Å². The van der Waals surface area contributed by atoms with Gasteiger partial charge in [-0.1, -0.05) is 0 Å². The van der Waals surface area contributed by atoms with E-state index >= 15 is 0 Å². The summed E-state index contributed by atoms with van der Waals surface area (Å²) in [6.45, 7) is 11.0. The fraction of sp³-hybridized carbons (Fsp3) is 0.455. The van der Waals surface area contributed by atoms with Gasteiger partial charge in [-0.05, 0) is 67.7 Å². The first kappa shape index (κ1) is 9.74. The van der Waals surface area contributed by atoms with Crippen molar-refractivity contribution in [1.82, 2.24) is 0 Å². The molecule has 0 nitrogen and oxygen atoms in total. The molecule has 1 unspecified atom stereocenters. The molecule has 0 aliphatic rings. The summed E-state index contributed by atoms with van der Waals surface area (Å²) >= 11 is 0. The van der Waals surface area contributed by atoms with Crippen LogP contribution in [-0.2, 0) is 0 Å². The SMILES string of the molecule is Cc1c(C)c(C)c(P)c(C)c1C. The molecule has 1 atom stereocenters. The molecule has 66 valence electrons. The van der Waals surface area contributed by atoms with Crippen molar-refractivity contribution in [2.45, 2.75) is 34.6 Å². The molecule has 0 N–H and O–H groups in total. The van der Waals surface area contributed by atoms with Gasteiger partial charge in [0.15, 0.2) is 0 Å². The summed E-state index contributed by atoms with van der Waals surface area (Å²) in [6, 6.07) is 0. The van der Waals surface area contributed by atoms with E-state index in [-0.39, 0.29) is 0 Å². The Kier molecular flexibility index (Phi) is 2.58. The predicted molar refractivity (Wildman–Crippen MR) is 59.5 cm³/mol. The normalized spacial score (nSPS) is 10.5. The fourth-order valence-corrected chi connectivity index (χ4v) is 1.96. The zero-order chi connectivity index (χ0) is 9.46. The maximum Gasteiger partial charge on any atom is -0.0239 e. The molecule has 12 heavy (non-hydrogen) atoms. The Labute approximate surface area is 77.6 Å². The Bertz CT molecular complexity index is 219. The Morgan fingerprint density at radius 3 is 1.17 bits per heavy atom. The maximum absolute atomic E-state index is 2.84. The Hall–Kier alpha value is -0.350. The summed E-state index contributed by atoms with van der Waals surface area (Å²) in [5.41, 5.74) is 7.14. The van der Waals surface area contributed by atoms with Crippen LogP contribution in [0.2, 0.25) is 0 Å². The van der Waals surface area contributed by atoms with E-state index in [1.165, 1.54) is 33.1 Å². The number of hydrogen-bond acceptors (Lipinski definition) is 0. The van der Waals surface area contributed by atoms with E-state index in [0.29, 0.717) is 0 Å². The predicted octanol–water partition coefficient (Wildman–Crippen LogP) is 2.73. The summed E-state index contributed by atoms with van der Waals surface area (Å²) < 4.78 is 0. The average Bonchev–Trinajstić information content (AvgIpc) is 2.08. The van der Waals surface area contributed by atoms with Crippen molar-refractivity contribution in [1.29, 1.82) is 0 Å². The zero-order valence-corrected chi connectivity index (χ0v) is 9.73. The van der Waals surface area contributed by atoms with E-state index < -0.39 is 0 Å². The first-order valence-corrected chi connectivity index (χ1v) is 4.87. The minimum absolute atomic E-state index is 1.37. The van der Waals surface area contributed by atoms with Crippen LogP contribution in [0.3, 0.4) is 0 Å². The molecule has 1 rings (SSSR count). The highest BCUT2D eigenvalue weighted by molar-refractivity contribution is 7.27. The molecule has 0 saturated carbocycles. The van der Waals surface area contributed by atoms with Crippen LogP contribution < -0.4 is 5.30 Å². The van der Waals surface area contributed by atoms with Crippen LogP contribution in [0, 0.1) is 34.6 Å². The lowest BCUT2D eigenvalue weighted by Crippen LogP contribution is -2.09. The van der Waals surface area contributed by atoms with Gasteiger partial charge < -0.3 is 0 Å². The smallest absolute Gasteiger partial charge is 0.0239 e.